The number of hydrogen-bond donors (Lipinski definition) is 0. The first-order chi connectivity index (χ1) is 64.4. The van der Waals surface area contributed by atoms with Crippen molar-refractivity contribution in [3.05, 3.63) is 372 Å². The van der Waals surface area contributed by atoms with E-state index >= 15 is 0 Å². The van der Waals surface area contributed by atoms with Crippen LogP contribution in [0.25, 0.3) is 190 Å². The van der Waals surface area contributed by atoms with E-state index < -0.39 is 116 Å². The molecule has 8 nitrogen and oxygen atoms in total. The van der Waals surface area contributed by atoms with E-state index in [2.05, 4.69) is 0 Å². The van der Waals surface area contributed by atoms with Gasteiger partial charge in [-0.2, -0.15) is 105 Å². The molecule has 0 N–H and O–H groups in total. The van der Waals surface area contributed by atoms with Crippen molar-refractivity contribution in [3.63, 3.8) is 0 Å². The first-order valence-corrected chi connectivity index (χ1v) is 40.9. The lowest BCUT2D eigenvalue weighted by Crippen LogP contribution is -2.11. The molecule has 19 rings (SSSR count). The molecule has 136 heavy (non-hydrogen) atoms. The summed E-state index contributed by atoms with van der Waals surface area (Å²) in [6.07, 6.45) is -42.6. The van der Waals surface area contributed by atoms with Gasteiger partial charge < -0.3 is 9.13 Å². The zero-order valence-corrected chi connectivity index (χ0v) is 68.8. The smallest absolute Gasteiger partial charge is 0.308 e. The van der Waals surface area contributed by atoms with Gasteiger partial charge in [-0.1, -0.05) is 176 Å². The topological polar surface area (TPSA) is 87.2 Å². The van der Waals surface area contributed by atoms with Gasteiger partial charge in [0.1, 0.15) is 0 Å². The largest absolute Gasteiger partial charge is 0.416 e. The van der Waals surface area contributed by atoms with E-state index in [1.165, 1.54) is 72.8 Å². The van der Waals surface area contributed by atoms with Crippen LogP contribution in [0.15, 0.2) is 328 Å². The summed E-state index contributed by atoms with van der Waals surface area (Å²) in [6.45, 7) is 0. The van der Waals surface area contributed by atoms with Crippen molar-refractivity contribution in [3.8, 4) is 146 Å². The number of aromatic nitrogens is 8. The highest BCUT2D eigenvalue weighted by Gasteiger charge is 2.43. The van der Waals surface area contributed by atoms with Crippen LogP contribution >= 0.6 is 0 Å². The fourth-order valence-corrected chi connectivity index (χ4v) is 16.7. The zero-order chi connectivity index (χ0) is 95.8. The quantitative estimate of drug-likeness (QED) is 0.101. The average molecular weight is 1870 g/mol. The van der Waals surface area contributed by atoms with Gasteiger partial charge in [0.25, 0.3) is 0 Å². The molecule has 0 atom stereocenters. The average Bonchev–Trinajstić information content (AvgIpc) is 1.57. The van der Waals surface area contributed by atoms with Gasteiger partial charge in [0.2, 0.25) is 0 Å². The monoisotopic (exact) mass is 1870 g/mol. The number of alkyl halides is 24. The predicted octanol–water partition coefficient (Wildman–Crippen LogP) is 32.4. The summed E-state index contributed by atoms with van der Waals surface area (Å²) >= 11 is 0. The van der Waals surface area contributed by atoms with Gasteiger partial charge in [-0.25, -0.2) is 29.9 Å². The van der Waals surface area contributed by atoms with E-state index in [0.717, 1.165) is 0 Å². The third-order valence-electron chi connectivity index (χ3n) is 23.1. The first-order valence-electron chi connectivity index (χ1n) is 40.9. The Hall–Kier alpha value is -15.8. The molecule has 678 valence electrons. The maximum atomic E-state index is 14.7. The van der Waals surface area contributed by atoms with E-state index in [-0.39, 0.29) is 148 Å². The summed E-state index contributed by atoms with van der Waals surface area (Å²) in [5.41, 5.74) is -12.1. The number of rotatable bonds is 14. The Bertz CT molecular complexity index is 6980. The summed E-state index contributed by atoms with van der Waals surface area (Å²) in [4.78, 5) is 30.3. The van der Waals surface area contributed by atoms with Gasteiger partial charge in [0.15, 0.2) is 34.9 Å². The highest BCUT2D eigenvalue weighted by molar-refractivity contribution is 6.14. The number of fused-ring (bicyclic) bond motifs is 6. The third kappa shape index (κ3) is 17.6. The molecule has 0 bridgehead atoms. The van der Waals surface area contributed by atoms with E-state index in [9.17, 15) is 105 Å². The van der Waals surface area contributed by atoms with E-state index in [1.807, 2.05) is 0 Å². The molecular weight excluding hydrogens is 1820 g/mol. The molecule has 0 saturated heterocycles. The molecule has 4 aromatic heterocycles. The van der Waals surface area contributed by atoms with E-state index in [1.54, 1.807) is 191 Å². The van der Waals surface area contributed by atoms with Gasteiger partial charge in [0, 0.05) is 54.9 Å². The number of benzene rings is 15. The van der Waals surface area contributed by atoms with Crippen LogP contribution in [0, 0.1) is 0 Å². The Morgan fingerprint density at radius 1 is 0.147 bits per heavy atom. The van der Waals surface area contributed by atoms with Crippen LogP contribution in [0.5, 0.6) is 0 Å². The van der Waals surface area contributed by atoms with Crippen LogP contribution in [0.3, 0.4) is 0 Å². The van der Waals surface area contributed by atoms with Gasteiger partial charge in [-0.15, -0.1) is 0 Å². The minimum Gasteiger partial charge on any atom is -0.308 e. The third-order valence-corrected chi connectivity index (χ3v) is 23.1. The van der Waals surface area contributed by atoms with E-state index in [0.29, 0.717) is 93.0 Å². The molecule has 0 saturated carbocycles. The minimum atomic E-state index is -5.33. The molecule has 0 spiro atoms. The fraction of sp³-hybridized carbons (Fsp3) is 0.0769. The van der Waals surface area contributed by atoms with Crippen LogP contribution in [0.1, 0.15) is 44.5 Å². The highest BCUT2D eigenvalue weighted by atomic mass is 19.4. The molecule has 19 aromatic rings. The second-order valence-corrected chi connectivity index (χ2v) is 31.9. The second-order valence-electron chi connectivity index (χ2n) is 31.9. The Balaban J connectivity index is 0.850. The molecule has 0 radical (unpaired) electrons. The molecule has 0 aliphatic rings. The lowest BCUT2D eigenvalue weighted by Gasteiger charge is -2.18. The summed E-state index contributed by atoms with van der Waals surface area (Å²) in [5, 5.41) is 0.0304. The van der Waals surface area contributed by atoms with Crippen molar-refractivity contribution < 1.29 is 105 Å². The van der Waals surface area contributed by atoms with Crippen molar-refractivity contribution in [1.82, 2.24) is 39.0 Å². The standard InChI is InChI=1S/C104H54F24N8/c105-97(106,107)71-37-67(38-72(51-71)98(108,109)110)63-26-30-85-79(45-63)80-46-64(68-39-73(99(111,112)113)52-74(40-68)100(114,115)116)27-31-86(80)135(85)89-34-24-61(49-83(89)95-131-91(55-14-5-1-6-15-55)129-92(132-95)56-16-7-2-8-17-56)59-22-13-23-60(36-59)62-25-35-90(84(50-62)96-133-93(57-18-9-3-10-19-57)130-94(134-96)58-20-11-4-12-21-58)136-87-32-28-65(69-41-75(101(117,118)119)53-76(42-69)102(120,121)122)47-81(87)82-48-66(29-33-88(82)136)70-43-77(103(123,124)125)54-78(44-70)104(126,127)128/h1-54H. The maximum absolute atomic E-state index is 14.7. The van der Waals surface area contributed by atoms with Gasteiger partial charge >= 0.3 is 49.4 Å². The van der Waals surface area contributed by atoms with Gasteiger partial charge in [0.05, 0.1) is 77.9 Å². The maximum Gasteiger partial charge on any atom is 0.416 e. The SMILES string of the molecule is FC(F)(F)c1cc(-c2ccc3c(c2)c2cc(-c4cc(C(F)(F)F)cc(C(F)(F)F)c4)ccc2n3-c2ccc(-c3cccc(-c4ccc(-n5c6ccc(-c7cc(C(F)(F)F)cc(C(F)(F)F)c7)cc6c6cc(-c7cc(C(F)(F)F)cc(C(F)(F)F)c7)ccc65)c(-c5nc(-c6ccccc6)nc(-c6ccccc6)n5)c4)c3)cc2-c2nc(-c3ccccc3)nc(-c3ccccc3)n2)cc(C(F)(F)F)c1. The molecular formula is C104H54F24N8. The number of halogens is 24. The van der Waals surface area contributed by atoms with Crippen LogP contribution in [-0.4, -0.2) is 39.0 Å². The number of hydrogen-bond acceptors (Lipinski definition) is 6. The summed E-state index contributed by atoms with van der Waals surface area (Å²) in [5.74, 6) is 0.382. The molecule has 32 heteroatoms. The Morgan fingerprint density at radius 3 is 0.544 bits per heavy atom. The molecule has 0 aliphatic carbocycles. The first kappa shape index (κ1) is 89.5. The van der Waals surface area contributed by atoms with Crippen LogP contribution < -0.4 is 0 Å². The van der Waals surface area contributed by atoms with Crippen molar-refractivity contribution in [2.24, 2.45) is 0 Å². The normalized spacial score (nSPS) is 12.7. The Kier molecular flexibility index (Phi) is 21.8. The Labute approximate surface area is 752 Å². The lowest BCUT2D eigenvalue weighted by molar-refractivity contribution is -0.144. The Morgan fingerprint density at radius 2 is 0.331 bits per heavy atom. The minimum absolute atomic E-state index is 0.00761. The molecule has 4 heterocycles. The van der Waals surface area contributed by atoms with Crippen LogP contribution in [0.2, 0.25) is 0 Å². The van der Waals surface area contributed by atoms with Crippen molar-refractivity contribution in [2.75, 3.05) is 0 Å². The molecule has 0 unspecified atom stereocenters. The van der Waals surface area contributed by atoms with Gasteiger partial charge in [-0.05, 0) is 218 Å². The summed E-state index contributed by atoms with van der Waals surface area (Å²) < 4.78 is 356. The zero-order valence-electron chi connectivity index (χ0n) is 68.8. The lowest BCUT2D eigenvalue weighted by atomic mass is 9.95. The predicted molar refractivity (Wildman–Crippen MR) is 467 cm³/mol. The summed E-state index contributed by atoms with van der Waals surface area (Å²) in [6, 6.07) is 70.4. The molecule has 15 aromatic carbocycles. The fourth-order valence-electron chi connectivity index (χ4n) is 16.7. The summed E-state index contributed by atoms with van der Waals surface area (Å²) in [7, 11) is 0. The van der Waals surface area contributed by atoms with Gasteiger partial charge in [-0.3, -0.25) is 0 Å². The van der Waals surface area contributed by atoms with Crippen molar-refractivity contribution in [1.29, 1.82) is 0 Å². The van der Waals surface area contributed by atoms with Crippen LogP contribution in [-0.2, 0) is 49.4 Å². The highest BCUT2D eigenvalue weighted by Crippen LogP contribution is 2.51. The molecule has 0 amide bonds. The van der Waals surface area contributed by atoms with Crippen LogP contribution in [0.4, 0.5) is 105 Å². The van der Waals surface area contributed by atoms with Crippen molar-refractivity contribution in [2.45, 2.75) is 49.4 Å². The molecule has 0 fully saturated rings. The van der Waals surface area contributed by atoms with Crippen molar-refractivity contribution >= 4 is 43.6 Å². The number of nitrogens with zero attached hydrogens (tertiary/aromatic N) is 8. The second kappa shape index (κ2) is 33.2. The van der Waals surface area contributed by atoms with E-state index in [4.69, 9.17) is 29.9 Å². The molecule has 0 aliphatic heterocycles.